The Morgan fingerprint density at radius 1 is 1.02 bits per heavy atom. The van der Waals surface area contributed by atoms with Gasteiger partial charge in [-0.05, 0) is 82.5 Å². The first-order valence-electron chi connectivity index (χ1n) is 14.8. The predicted molar refractivity (Wildman–Crippen MR) is 168 cm³/mol. The van der Waals surface area contributed by atoms with Crippen molar-refractivity contribution in [2.45, 2.75) is 65.1 Å². The van der Waals surface area contributed by atoms with Gasteiger partial charge in [-0.2, -0.15) is 0 Å². The van der Waals surface area contributed by atoms with Crippen LogP contribution in [0.5, 0.6) is 0 Å². The van der Waals surface area contributed by atoms with E-state index in [4.69, 9.17) is 4.74 Å². The minimum Gasteiger partial charge on any atom is -0.444 e. The van der Waals surface area contributed by atoms with Crippen LogP contribution in [0.25, 0.3) is 16.8 Å². The van der Waals surface area contributed by atoms with Crippen LogP contribution < -0.4 is 10.6 Å². The van der Waals surface area contributed by atoms with Crippen LogP contribution in [0.4, 0.5) is 10.5 Å². The second-order valence-electron chi connectivity index (χ2n) is 12.2. The number of carbonyl (C=O) groups is 2. The van der Waals surface area contributed by atoms with Crippen LogP contribution in [0.1, 0.15) is 50.6 Å². The Morgan fingerprint density at radius 3 is 2.53 bits per heavy atom. The van der Waals surface area contributed by atoms with E-state index in [1.165, 1.54) is 0 Å². The third kappa shape index (κ3) is 8.75. The molecule has 224 valence electrons. The standard InChI is InChI=1S/C34H40N6O3/c1-24-20-40(23-36-24)31-16-25(21-39-14-8-11-29(22-39)38-33(42)43-34(2,3)4)15-30(17-31)37-32(41)18-28-13-12-27(19-35-28)26-9-6-5-7-10-26/h5-7,9-10,12-13,15-17,19-20,23,29H,8,11,14,18,21-22H2,1-4H3,(H,37,41)(H,38,42)/t29-/m0/s1. The number of imidazole rings is 1. The molecule has 1 fully saturated rings. The van der Waals surface area contributed by atoms with Crippen molar-refractivity contribution < 1.29 is 14.3 Å². The van der Waals surface area contributed by atoms with Crippen molar-refractivity contribution >= 4 is 17.7 Å². The molecule has 43 heavy (non-hydrogen) atoms. The average Bonchev–Trinajstić information content (AvgIpc) is 3.39. The molecule has 1 aliphatic rings. The van der Waals surface area contributed by atoms with E-state index in [9.17, 15) is 9.59 Å². The quantitative estimate of drug-likeness (QED) is 0.269. The van der Waals surface area contributed by atoms with Gasteiger partial charge in [0.1, 0.15) is 5.60 Å². The van der Waals surface area contributed by atoms with Crippen LogP contribution in [0.15, 0.2) is 79.4 Å². The molecule has 0 saturated carbocycles. The molecule has 3 heterocycles. The molecule has 1 atom stereocenters. The lowest BCUT2D eigenvalue weighted by Gasteiger charge is -2.33. The Bertz CT molecular complexity index is 1540. The number of nitrogens with zero attached hydrogens (tertiary/aromatic N) is 4. The van der Waals surface area contributed by atoms with E-state index in [0.29, 0.717) is 17.9 Å². The van der Waals surface area contributed by atoms with E-state index in [1.54, 1.807) is 6.33 Å². The lowest BCUT2D eigenvalue weighted by molar-refractivity contribution is -0.115. The number of alkyl carbamates (subject to hydrolysis) is 1. The number of aromatic nitrogens is 3. The molecule has 0 spiro atoms. The number of rotatable bonds is 8. The smallest absolute Gasteiger partial charge is 0.407 e. The summed E-state index contributed by atoms with van der Waals surface area (Å²) >= 11 is 0. The molecular weight excluding hydrogens is 540 g/mol. The fraction of sp³-hybridized carbons (Fsp3) is 0.353. The van der Waals surface area contributed by atoms with Gasteiger partial charge in [-0.15, -0.1) is 0 Å². The molecule has 0 aliphatic carbocycles. The van der Waals surface area contributed by atoms with Crippen LogP contribution in [0.3, 0.4) is 0 Å². The Labute approximate surface area is 253 Å². The molecule has 9 nitrogen and oxygen atoms in total. The van der Waals surface area contributed by atoms with Gasteiger partial charge in [0.15, 0.2) is 0 Å². The van der Waals surface area contributed by atoms with Gasteiger partial charge in [0.25, 0.3) is 0 Å². The highest BCUT2D eigenvalue weighted by molar-refractivity contribution is 5.92. The van der Waals surface area contributed by atoms with Gasteiger partial charge in [-0.1, -0.05) is 36.4 Å². The number of anilines is 1. The summed E-state index contributed by atoms with van der Waals surface area (Å²) in [7, 11) is 0. The third-order valence-corrected chi connectivity index (χ3v) is 7.18. The molecule has 9 heteroatoms. The predicted octanol–water partition coefficient (Wildman–Crippen LogP) is 5.91. The van der Waals surface area contributed by atoms with Crippen molar-refractivity contribution in [1.82, 2.24) is 24.8 Å². The first-order valence-corrected chi connectivity index (χ1v) is 14.8. The van der Waals surface area contributed by atoms with Gasteiger partial charge < -0.3 is 19.9 Å². The zero-order chi connectivity index (χ0) is 30.4. The summed E-state index contributed by atoms with van der Waals surface area (Å²) in [5, 5.41) is 6.11. The lowest BCUT2D eigenvalue weighted by atomic mass is 10.0. The van der Waals surface area contributed by atoms with E-state index < -0.39 is 5.60 Å². The van der Waals surface area contributed by atoms with Crippen molar-refractivity contribution in [2.75, 3.05) is 18.4 Å². The number of ether oxygens (including phenoxy) is 1. The van der Waals surface area contributed by atoms with Crippen molar-refractivity contribution in [2.24, 2.45) is 0 Å². The summed E-state index contributed by atoms with van der Waals surface area (Å²) in [5.41, 5.74) is 5.87. The number of likely N-dealkylation sites (tertiary alicyclic amines) is 1. The van der Waals surface area contributed by atoms with Crippen LogP contribution in [0.2, 0.25) is 0 Å². The van der Waals surface area contributed by atoms with Gasteiger partial charge in [0.05, 0.1) is 18.4 Å². The van der Waals surface area contributed by atoms with Gasteiger partial charge >= 0.3 is 6.09 Å². The number of aryl methyl sites for hydroxylation is 1. The molecule has 2 N–H and O–H groups in total. The summed E-state index contributed by atoms with van der Waals surface area (Å²) < 4.78 is 7.42. The van der Waals surface area contributed by atoms with E-state index in [1.807, 2.05) is 99.3 Å². The normalized spacial score (nSPS) is 15.6. The summed E-state index contributed by atoms with van der Waals surface area (Å²) in [6.45, 7) is 9.87. The van der Waals surface area contributed by atoms with E-state index in [-0.39, 0.29) is 24.5 Å². The Kier molecular flexibility index (Phi) is 9.21. The van der Waals surface area contributed by atoms with Crippen molar-refractivity contribution in [1.29, 1.82) is 0 Å². The second-order valence-corrected chi connectivity index (χ2v) is 12.2. The first-order chi connectivity index (χ1) is 20.6. The van der Waals surface area contributed by atoms with Crippen LogP contribution in [-0.2, 0) is 22.5 Å². The highest BCUT2D eigenvalue weighted by Gasteiger charge is 2.24. The molecule has 0 bridgehead atoms. The monoisotopic (exact) mass is 580 g/mol. The van der Waals surface area contributed by atoms with Crippen LogP contribution >= 0.6 is 0 Å². The number of amides is 2. The first kappa shape index (κ1) is 30.0. The molecule has 1 aliphatic heterocycles. The maximum absolute atomic E-state index is 13.1. The summed E-state index contributed by atoms with van der Waals surface area (Å²) in [6, 6.07) is 20.0. The Balaban J connectivity index is 1.27. The lowest BCUT2D eigenvalue weighted by Crippen LogP contribution is -2.48. The van der Waals surface area contributed by atoms with E-state index in [0.717, 1.165) is 54.0 Å². The van der Waals surface area contributed by atoms with E-state index >= 15 is 0 Å². The van der Waals surface area contributed by atoms with Gasteiger partial charge in [-0.25, -0.2) is 9.78 Å². The molecular formula is C34H40N6O3. The molecule has 2 aromatic heterocycles. The van der Waals surface area contributed by atoms with Gasteiger partial charge in [0, 0.05) is 54.2 Å². The number of hydrogen-bond donors (Lipinski definition) is 2. The van der Waals surface area contributed by atoms with Crippen LogP contribution in [-0.4, -0.2) is 56.2 Å². The summed E-state index contributed by atoms with van der Waals surface area (Å²) in [5.74, 6) is -0.135. The largest absolute Gasteiger partial charge is 0.444 e. The number of benzene rings is 2. The maximum Gasteiger partial charge on any atom is 0.407 e. The minimum atomic E-state index is -0.535. The molecule has 0 unspecified atom stereocenters. The highest BCUT2D eigenvalue weighted by atomic mass is 16.6. The number of carbonyl (C=O) groups excluding carboxylic acids is 2. The van der Waals surface area contributed by atoms with Crippen molar-refractivity contribution in [3.8, 4) is 16.8 Å². The van der Waals surface area contributed by atoms with E-state index in [2.05, 4.69) is 31.6 Å². The fourth-order valence-corrected chi connectivity index (χ4v) is 5.30. The number of nitrogens with one attached hydrogen (secondary N) is 2. The minimum absolute atomic E-state index is 0.0167. The Morgan fingerprint density at radius 2 is 1.84 bits per heavy atom. The highest BCUT2D eigenvalue weighted by Crippen LogP contribution is 2.23. The Hall–Kier alpha value is -4.50. The fourth-order valence-electron chi connectivity index (χ4n) is 5.30. The molecule has 2 aromatic carbocycles. The number of pyridine rings is 1. The molecule has 4 aromatic rings. The zero-order valence-corrected chi connectivity index (χ0v) is 25.3. The third-order valence-electron chi connectivity index (χ3n) is 7.18. The molecule has 2 amide bonds. The van der Waals surface area contributed by atoms with Crippen molar-refractivity contribution in [3.05, 3.63) is 96.3 Å². The summed E-state index contributed by atoms with van der Waals surface area (Å²) in [6.07, 6.45) is 7.22. The number of piperidine rings is 1. The molecule has 5 rings (SSSR count). The average molecular weight is 581 g/mol. The SMILES string of the molecule is Cc1cn(-c2cc(CN3CCC[C@H](NC(=O)OC(C)(C)C)C3)cc(NC(=O)Cc3ccc(-c4ccccc4)cn3)c2)cn1. The maximum atomic E-state index is 13.1. The van der Waals surface area contributed by atoms with Crippen molar-refractivity contribution in [3.63, 3.8) is 0 Å². The zero-order valence-electron chi connectivity index (χ0n) is 25.3. The molecule has 1 saturated heterocycles. The second kappa shape index (κ2) is 13.2. The van der Waals surface area contributed by atoms with Gasteiger partial charge in [0.2, 0.25) is 5.91 Å². The molecule has 0 radical (unpaired) electrons. The van der Waals surface area contributed by atoms with Gasteiger partial charge in [-0.3, -0.25) is 14.7 Å². The number of hydrogen-bond acceptors (Lipinski definition) is 6. The summed E-state index contributed by atoms with van der Waals surface area (Å²) in [4.78, 5) is 36.7. The topological polar surface area (TPSA) is 101 Å². The van der Waals surface area contributed by atoms with Crippen LogP contribution in [0, 0.1) is 6.92 Å².